The van der Waals surface area contributed by atoms with Crippen molar-refractivity contribution in [2.75, 3.05) is 25.1 Å². The molecule has 0 atom stereocenters. The molecule has 9 heteroatoms. The number of benzene rings is 3. The third-order valence-corrected chi connectivity index (χ3v) is 6.44. The van der Waals surface area contributed by atoms with Crippen molar-refractivity contribution in [3.05, 3.63) is 89.1 Å². The molecule has 2 N–H and O–H groups in total. The summed E-state index contributed by atoms with van der Waals surface area (Å²) >= 11 is 6.18. The molecule has 198 valence electrons. The Bertz CT molecular complexity index is 1350. The van der Waals surface area contributed by atoms with Crippen molar-refractivity contribution in [3.8, 4) is 16.9 Å². The van der Waals surface area contributed by atoms with Crippen molar-refractivity contribution in [2.45, 2.75) is 25.4 Å². The summed E-state index contributed by atoms with van der Waals surface area (Å²) in [6.45, 7) is 0.494. The Morgan fingerprint density at radius 1 is 1.05 bits per heavy atom. The Labute approximate surface area is 224 Å². The average molecular weight is 542 g/mol. The molecule has 3 aromatic rings. The Morgan fingerprint density at radius 2 is 1.79 bits per heavy atom. The van der Waals surface area contributed by atoms with E-state index in [1.54, 1.807) is 35.2 Å². The number of ether oxygens (including phenoxy) is 1. The highest BCUT2D eigenvalue weighted by Crippen LogP contribution is 2.55. The van der Waals surface area contributed by atoms with Crippen LogP contribution in [0.15, 0.2) is 78.5 Å². The lowest BCUT2D eigenvalue weighted by Gasteiger charge is -2.14. The molecule has 0 aromatic heterocycles. The number of carbonyl (C=O) groups is 1. The number of para-hydroxylation sites is 1. The number of nitrogens with zero attached hydrogens (tertiary/aromatic N) is 1. The number of hydrogen-bond acceptors (Lipinski definition) is 5. The lowest BCUT2D eigenvalue weighted by atomic mass is 10.00. The van der Waals surface area contributed by atoms with Crippen LogP contribution in [0.25, 0.3) is 11.1 Å². The lowest BCUT2D eigenvalue weighted by Crippen LogP contribution is -2.22. The molecule has 0 radical (unpaired) electrons. The van der Waals surface area contributed by atoms with Crippen LogP contribution >= 0.6 is 11.6 Å². The fourth-order valence-electron chi connectivity index (χ4n) is 4.06. The van der Waals surface area contributed by atoms with E-state index in [0.29, 0.717) is 48.0 Å². The highest BCUT2D eigenvalue weighted by molar-refractivity contribution is 6.36. The number of rotatable bonds is 12. The minimum Gasteiger partial charge on any atom is -0.487 e. The number of Topliss-reactive ketones (excluding diaryl/α,β-unsaturated/α-hetero) is 1. The number of fused-ring (bicyclic) bond motifs is 1. The van der Waals surface area contributed by atoms with Crippen LogP contribution < -0.4 is 15.0 Å². The van der Waals surface area contributed by atoms with Gasteiger partial charge in [0.15, 0.2) is 0 Å². The number of halogens is 4. The van der Waals surface area contributed by atoms with Crippen LogP contribution in [0.2, 0.25) is 5.02 Å². The van der Waals surface area contributed by atoms with Gasteiger partial charge in [0.1, 0.15) is 23.9 Å². The van der Waals surface area contributed by atoms with E-state index in [0.717, 1.165) is 22.8 Å². The lowest BCUT2D eigenvalue weighted by molar-refractivity contribution is -0.118. The van der Waals surface area contributed by atoms with Gasteiger partial charge in [-0.15, -0.1) is 0 Å². The molecule has 1 heterocycles. The van der Waals surface area contributed by atoms with Crippen LogP contribution in [0.5, 0.6) is 5.75 Å². The van der Waals surface area contributed by atoms with E-state index in [4.69, 9.17) is 21.7 Å². The van der Waals surface area contributed by atoms with Gasteiger partial charge in [0.2, 0.25) is 0 Å². The Kier molecular flexibility index (Phi) is 8.54. The number of alkyl halides is 3. The molecule has 0 saturated heterocycles. The zero-order chi connectivity index (χ0) is 27.3. The van der Waals surface area contributed by atoms with E-state index >= 15 is 0 Å². The summed E-state index contributed by atoms with van der Waals surface area (Å²) < 4.78 is 45.0. The Balaban J connectivity index is 1.42. The van der Waals surface area contributed by atoms with E-state index in [2.05, 4.69) is 5.32 Å². The molecule has 0 unspecified atom stereocenters. The van der Waals surface area contributed by atoms with Crippen molar-refractivity contribution in [3.63, 3.8) is 0 Å². The number of nitrogens with one attached hydrogen (secondary N) is 2. The SMILES string of the molecule is CNCCC(=O)CCc1cccc(-c2ccc(OC/C(=C/C(=N)C(F)(F)F)N3c4cccc(Cl)c43)cc2)c1. The molecule has 4 rings (SSSR count). The van der Waals surface area contributed by atoms with Gasteiger partial charge < -0.3 is 15.0 Å². The average Bonchev–Trinajstić information content (AvgIpc) is 3.64. The quantitative estimate of drug-likeness (QED) is 0.189. The highest BCUT2D eigenvalue weighted by Gasteiger charge is 2.38. The molecule has 1 aliphatic rings. The predicted octanol–water partition coefficient (Wildman–Crippen LogP) is 7.11. The van der Waals surface area contributed by atoms with Gasteiger partial charge in [0.05, 0.1) is 22.1 Å². The van der Waals surface area contributed by atoms with Crippen molar-refractivity contribution in [2.24, 2.45) is 0 Å². The number of aryl methyl sites for hydroxylation is 1. The number of anilines is 2. The van der Waals surface area contributed by atoms with Gasteiger partial charge >= 0.3 is 6.18 Å². The summed E-state index contributed by atoms with van der Waals surface area (Å²) in [5, 5.41) is 10.8. The van der Waals surface area contributed by atoms with Crippen molar-refractivity contribution < 1.29 is 22.7 Å². The molecule has 0 fully saturated rings. The van der Waals surface area contributed by atoms with Crippen LogP contribution in [0.1, 0.15) is 18.4 Å². The molecule has 0 saturated carbocycles. The predicted molar refractivity (Wildman–Crippen MR) is 145 cm³/mol. The number of ketones is 1. The van der Waals surface area contributed by atoms with Gasteiger partial charge in [0.25, 0.3) is 0 Å². The normalized spacial score (nSPS) is 12.8. The van der Waals surface area contributed by atoms with E-state index in [1.165, 1.54) is 0 Å². The second-order valence-corrected chi connectivity index (χ2v) is 9.30. The van der Waals surface area contributed by atoms with Crippen LogP contribution in [-0.4, -0.2) is 37.9 Å². The molecule has 1 aliphatic heterocycles. The minimum atomic E-state index is -4.77. The fourth-order valence-corrected chi connectivity index (χ4v) is 4.32. The van der Waals surface area contributed by atoms with E-state index < -0.39 is 11.9 Å². The molecular weight excluding hydrogens is 515 g/mol. The Morgan fingerprint density at radius 3 is 2.47 bits per heavy atom. The maximum absolute atomic E-state index is 13.1. The molecule has 5 nitrogen and oxygen atoms in total. The number of carbonyl (C=O) groups excluding carboxylic acids is 1. The Hall–Kier alpha value is -3.62. The molecule has 0 amide bonds. The molecule has 0 aliphatic carbocycles. The van der Waals surface area contributed by atoms with Crippen molar-refractivity contribution >= 4 is 34.5 Å². The smallest absolute Gasteiger partial charge is 0.432 e. The van der Waals surface area contributed by atoms with Crippen LogP contribution in [0.4, 0.5) is 24.5 Å². The maximum atomic E-state index is 13.1. The molecule has 0 bridgehead atoms. The molecule has 3 aromatic carbocycles. The maximum Gasteiger partial charge on any atom is 0.432 e. The summed E-state index contributed by atoms with van der Waals surface area (Å²) in [7, 11) is 1.82. The fraction of sp³-hybridized carbons (Fsp3) is 0.241. The van der Waals surface area contributed by atoms with Crippen LogP contribution in [0, 0.1) is 5.41 Å². The molecule has 38 heavy (non-hydrogen) atoms. The van der Waals surface area contributed by atoms with Gasteiger partial charge in [-0.05, 0) is 60.5 Å². The monoisotopic (exact) mass is 541 g/mol. The summed E-state index contributed by atoms with van der Waals surface area (Å²) in [6.07, 6.45) is -2.33. The first kappa shape index (κ1) is 27.4. The summed E-state index contributed by atoms with van der Waals surface area (Å²) in [5.74, 6) is 0.694. The highest BCUT2D eigenvalue weighted by atomic mass is 35.5. The molecular formula is C29H27ClF3N3O2. The van der Waals surface area contributed by atoms with Crippen molar-refractivity contribution in [1.29, 1.82) is 5.41 Å². The summed E-state index contributed by atoms with van der Waals surface area (Å²) in [6, 6.07) is 20.3. The summed E-state index contributed by atoms with van der Waals surface area (Å²) in [4.78, 5) is 13.5. The minimum absolute atomic E-state index is 0.163. The standard InChI is InChI=1S/C29H27ClF3N3O2/c1-35-15-14-23(37)11-8-19-4-2-5-21(16-19)20-9-12-24(13-10-20)38-18-22(17-27(34)29(31,32)33)36-26-7-3-6-25(30)28(26)36/h2-7,9-10,12-13,16-17,34-35H,8,11,14-15,18H2,1H3/b22-17-,34-27?. The van der Waals surface area contributed by atoms with E-state index in [9.17, 15) is 18.0 Å². The topological polar surface area (TPSA) is 65.2 Å². The summed E-state index contributed by atoms with van der Waals surface area (Å²) in [5.41, 5.74) is 2.99. The van der Waals surface area contributed by atoms with Gasteiger partial charge in [-0.3, -0.25) is 10.2 Å². The van der Waals surface area contributed by atoms with Crippen LogP contribution in [0.3, 0.4) is 0 Å². The van der Waals surface area contributed by atoms with Gasteiger partial charge in [-0.25, -0.2) is 0 Å². The first-order valence-corrected chi connectivity index (χ1v) is 12.5. The second kappa shape index (κ2) is 11.8. The third-order valence-electron chi connectivity index (χ3n) is 6.13. The van der Waals surface area contributed by atoms with E-state index in [-0.39, 0.29) is 18.1 Å². The third kappa shape index (κ3) is 6.82. The van der Waals surface area contributed by atoms with Gasteiger partial charge in [-0.1, -0.05) is 54.1 Å². The van der Waals surface area contributed by atoms with Gasteiger partial charge in [0, 0.05) is 19.4 Å². The van der Waals surface area contributed by atoms with Gasteiger partial charge in [-0.2, -0.15) is 13.2 Å². The first-order valence-electron chi connectivity index (χ1n) is 12.1. The zero-order valence-electron chi connectivity index (χ0n) is 20.7. The second-order valence-electron chi connectivity index (χ2n) is 8.90. The van der Waals surface area contributed by atoms with Crippen molar-refractivity contribution in [1.82, 2.24) is 5.32 Å². The number of hydrogen-bond donors (Lipinski definition) is 2. The largest absolute Gasteiger partial charge is 0.487 e. The zero-order valence-corrected chi connectivity index (χ0v) is 21.5. The van der Waals surface area contributed by atoms with Crippen LogP contribution in [-0.2, 0) is 11.2 Å². The number of allylic oxidation sites excluding steroid dienone is 1. The molecule has 0 spiro atoms. The van der Waals surface area contributed by atoms with E-state index in [1.807, 2.05) is 43.4 Å². The first-order chi connectivity index (χ1) is 18.2.